The number of carbonyl (C=O) groups excluding carboxylic acids is 1. The van der Waals surface area contributed by atoms with Crippen molar-refractivity contribution in [2.24, 2.45) is 0 Å². The van der Waals surface area contributed by atoms with Gasteiger partial charge in [-0.1, -0.05) is 37.5 Å². The van der Waals surface area contributed by atoms with E-state index in [4.69, 9.17) is 4.74 Å². The maximum Gasteiger partial charge on any atom is 0.338 e. The number of hydrogen-bond acceptors (Lipinski definition) is 2. The maximum absolute atomic E-state index is 12.1. The van der Waals surface area contributed by atoms with Gasteiger partial charge < -0.3 is 4.74 Å². The van der Waals surface area contributed by atoms with Crippen molar-refractivity contribution in [2.75, 3.05) is 0 Å². The van der Waals surface area contributed by atoms with Crippen LogP contribution in [0.2, 0.25) is 0 Å². The Balaban J connectivity index is 2.78. The molecule has 1 aromatic carbocycles. The summed E-state index contributed by atoms with van der Waals surface area (Å²) in [5.41, 5.74) is 3.91. The molecule has 1 rings (SSSR count). The van der Waals surface area contributed by atoms with Crippen LogP contribution in [0.1, 0.15) is 60.2 Å². The van der Waals surface area contributed by atoms with Gasteiger partial charge in [-0.05, 0) is 45.2 Å². The smallest absolute Gasteiger partial charge is 0.338 e. The van der Waals surface area contributed by atoms with Crippen molar-refractivity contribution in [3.05, 3.63) is 34.4 Å². The molecule has 0 aromatic heterocycles. The van der Waals surface area contributed by atoms with Crippen LogP contribution in [0, 0.1) is 20.8 Å². The average molecular weight is 248 g/mol. The third-order valence-electron chi connectivity index (χ3n) is 3.15. The van der Waals surface area contributed by atoms with E-state index in [2.05, 4.69) is 6.92 Å². The predicted molar refractivity (Wildman–Crippen MR) is 75.1 cm³/mol. The number of unbranched alkanes of at least 4 members (excludes halogenated alkanes) is 1. The average Bonchev–Trinajstić information content (AvgIpc) is 2.24. The maximum atomic E-state index is 12.1. The zero-order chi connectivity index (χ0) is 13.7. The van der Waals surface area contributed by atoms with Crippen LogP contribution in [0.4, 0.5) is 0 Å². The lowest BCUT2D eigenvalue weighted by molar-refractivity contribution is 0.0318. The molecule has 0 aliphatic carbocycles. The second-order valence-electron chi connectivity index (χ2n) is 5.13. The molecule has 0 heterocycles. The lowest BCUT2D eigenvalue weighted by Gasteiger charge is -2.15. The second-order valence-corrected chi connectivity index (χ2v) is 5.13. The van der Waals surface area contributed by atoms with Crippen LogP contribution in [-0.4, -0.2) is 12.1 Å². The Morgan fingerprint density at radius 2 is 1.78 bits per heavy atom. The fourth-order valence-corrected chi connectivity index (χ4v) is 2.29. The Kier molecular flexibility index (Phi) is 5.39. The highest BCUT2D eigenvalue weighted by atomic mass is 16.5. The number of hydrogen-bond donors (Lipinski definition) is 0. The van der Waals surface area contributed by atoms with E-state index < -0.39 is 0 Å². The van der Waals surface area contributed by atoms with Gasteiger partial charge in [-0.15, -0.1) is 0 Å². The van der Waals surface area contributed by atoms with Crippen molar-refractivity contribution in [3.8, 4) is 0 Å². The highest BCUT2D eigenvalue weighted by Gasteiger charge is 2.16. The van der Waals surface area contributed by atoms with Gasteiger partial charge in [0.1, 0.15) is 0 Å². The van der Waals surface area contributed by atoms with E-state index in [0.717, 1.165) is 36.0 Å². The number of benzene rings is 1. The Hall–Kier alpha value is -1.31. The van der Waals surface area contributed by atoms with E-state index in [1.54, 1.807) is 0 Å². The first kappa shape index (κ1) is 14.7. The third-order valence-corrected chi connectivity index (χ3v) is 3.15. The fraction of sp³-hybridized carbons (Fsp3) is 0.562. The molecule has 0 spiro atoms. The van der Waals surface area contributed by atoms with Crippen molar-refractivity contribution in [3.63, 3.8) is 0 Å². The molecule has 2 heteroatoms. The van der Waals surface area contributed by atoms with Crippen molar-refractivity contribution in [2.45, 2.75) is 60.0 Å². The number of carbonyl (C=O) groups is 1. The first-order valence-corrected chi connectivity index (χ1v) is 6.74. The van der Waals surface area contributed by atoms with Crippen molar-refractivity contribution < 1.29 is 9.53 Å². The molecule has 0 N–H and O–H groups in total. The molecule has 0 amide bonds. The molecule has 1 aromatic rings. The summed E-state index contributed by atoms with van der Waals surface area (Å²) in [6.07, 6.45) is 3.16. The van der Waals surface area contributed by atoms with Crippen LogP contribution in [0.5, 0.6) is 0 Å². The molecule has 18 heavy (non-hydrogen) atoms. The Bertz CT molecular complexity index is 398. The number of esters is 1. The van der Waals surface area contributed by atoms with E-state index in [9.17, 15) is 4.79 Å². The van der Waals surface area contributed by atoms with Crippen LogP contribution in [0.25, 0.3) is 0 Å². The fourth-order valence-electron chi connectivity index (χ4n) is 2.29. The summed E-state index contributed by atoms with van der Waals surface area (Å²) in [5, 5.41) is 0. The monoisotopic (exact) mass is 248 g/mol. The summed E-state index contributed by atoms with van der Waals surface area (Å²) in [6.45, 7) is 10.1. The third kappa shape index (κ3) is 3.86. The molecule has 0 radical (unpaired) electrons. The van der Waals surface area contributed by atoms with Gasteiger partial charge in [0.25, 0.3) is 0 Å². The highest BCUT2D eigenvalue weighted by molar-refractivity contribution is 5.92. The van der Waals surface area contributed by atoms with Crippen LogP contribution < -0.4 is 0 Å². The molecule has 0 fully saturated rings. The molecular weight excluding hydrogens is 224 g/mol. The quantitative estimate of drug-likeness (QED) is 0.724. The standard InChI is InChI=1S/C16H24O2/c1-6-7-8-14(5)18-16(17)15-12(3)9-11(2)10-13(15)4/h9-10,14H,6-8H2,1-5H3/t14-/m1/s1. The minimum absolute atomic E-state index is 0.00227. The number of rotatable bonds is 5. The summed E-state index contributed by atoms with van der Waals surface area (Å²) < 4.78 is 5.50. The predicted octanol–water partition coefficient (Wildman–Crippen LogP) is 4.35. The van der Waals surface area contributed by atoms with Crippen LogP contribution >= 0.6 is 0 Å². The minimum Gasteiger partial charge on any atom is -0.459 e. The second kappa shape index (κ2) is 6.58. The molecule has 0 unspecified atom stereocenters. The van der Waals surface area contributed by atoms with Gasteiger partial charge in [-0.3, -0.25) is 0 Å². The van der Waals surface area contributed by atoms with E-state index in [1.807, 2.05) is 39.8 Å². The first-order chi connectivity index (χ1) is 8.45. The molecule has 0 saturated carbocycles. The molecule has 2 nitrogen and oxygen atoms in total. The normalized spacial score (nSPS) is 12.3. The zero-order valence-corrected chi connectivity index (χ0v) is 12.2. The topological polar surface area (TPSA) is 26.3 Å². The number of ether oxygens (including phenoxy) is 1. The van der Waals surface area contributed by atoms with Gasteiger partial charge in [-0.2, -0.15) is 0 Å². The van der Waals surface area contributed by atoms with E-state index in [0.29, 0.717) is 0 Å². The van der Waals surface area contributed by atoms with Crippen LogP contribution in [0.3, 0.4) is 0 Å². The molecule has 0 aliphatic rings. The van der Waals surface area contributed by atoms with Gasteiger partial charge in [0.05, 0.1) is 11.7 Å². The largest absolute Gasteiger partial charge is 0.459 e. The Labute approximate surface area is 110 Å². The molecule has 0 saturated heterocycles. The molecule has 1 atom stereocenters. The minimum atomic E-state index is -0.186. The van der Waals surface area contributed by atoms with Gasteiger partial charge in [0.2, 0.25) is 0 Å². The zero-order valence-electron chi connectivity index (χ0n) is 12.2. The molecule has 100 valence electrons. The van der Waals surface area contributed by atoms with Gasteiger partial charge >= 0.3 is 5.97 Å². The van der Waals surface area contributed by atoms with Crippen LogP contribution in [0.15, 0.2) is 12.1 Å². The molecule has 0 bridgehead atoms. The SMILES string of the molecule is CCCC[C@@H](C)OC(=O)c1c(C)cc(C)cc1C. The summed E-state index contributed by atoms with van der Waals surface area (Å²) in [5.74, 6) is -0.186. The summed E-state index contributed by atoms with van der Waals surface area (Å²) >= 11 is 0. The lowest BCUT2D eigenvalue weighted by Crippen LogP contribution is -2.17. The Morgan fingerprint density at radius 1 is 1.22 bits per heavy atom. The van der Waals surface area contributed by atoms with E-state index >= 15 is 0 Å². The van der Waals surface area contributed by atoms with Gasteiger partial charge in [0, 0.05) is 0 Å². The van der Waals surface area contributed by atoms with Crippen molar-refractivity contribution in [1.82, 2.24) is 0 Å². The Morgan fingerprint density at radius 3 is 2.28 bits per heavy atom. The van der Waals surface area contributed by atoms with Crippen LogP contribution in [-0.2, 0) is 4.74 Å². The van der Waals surface area contributed by atoms with Crippen molar-refractivity contribution >= 4 is 5.97 Å². The highest BCUT2D eigenvalue weighted by Crippen LogP contribution is 2.18. The first-order valence-electron chi connectivity index (χ1n) is 6.74. The summed E-state index contributed by atoms with van der Waals surface area (Å²) in [4.78, 5) is 12.1. The lowest BCUT2D eigenvalue weighted by atomic mass is 10.00. The molecule has 0 aliphatic heterocycles. The van der Waals surface area contributed by atoms with Gasteiger partial charge in [-0.25, -0.2) is 4.79 Å². The van der Waals surface area contributed by atoms with E-state index in [1.165, 1.54) is 5.56 Å². The molecular formula is C16H24O2. The van der Waals surface area contributed by atoms with E-state index in [-0.39, 0.29) is 12.1 Å². The van der Waals surface area contributed by atoms with Gasteiger partial charge in [0.15, 0.2) is 0 Å². The van der Waals surface area contributed by atoms with Crippen molar-refractivity contribution in [1.29, 1.82) is 0 Å². The summed E-state index contributed by atoms with van der Waals surface area (Å²) in [6, 6.07) is 4.06. The summed E-state index contributed by atoms with van der Waals surface area (Å²) in [7, 11) is 0. The number of aryl methyl sites for hydroxylation is 3.